The predicted octanol–water partition coefficient (Wildman–Crippen LogP) is 0.571. The van der Waals surface area contributed by atoms with Crippen LogP contribution in [0.15, 0.2) is 29.3 Å². The highest BCUT2D eigenvalue weighted by Gasteiger charge is 2.44. The zero-order chi connectivity index (χ0) is 24.1. The minimum atomic E-state index is -3.63. The normalized spacial score (nSPS) is 16.2. The number of fused-ring (bicyclic) bond motifs is 1. The van der Waals surface area contributed by atoms with Crippen LogP contribution in [0.3, 0.4) is 0 Å². The smallest absolute Gasteiger partial charge is 0.296 e. The van der Waals surface area contributed by atoms with Crippen LogP contribution in [-0.4, -0.2) is 49.5 Å². The van der Waals surface area contributed by atoms with Crippen molar-refractivity contribution in [1.82, 2.24) is 29.6 Å². The minimum absolute atomic E-state index is 0.116. The fourth-order valence-corrected chi connectivity index (χ4v) is 4.96. The van der Waals surface area contributed by atoms with Gasteiger partial charge in [-0.15, -0.1) is 0 Å². The SMILES string of the molecule is Cc1ncn(-c2cc(F)ccc2CNC(=O)c2nc3n(c(=O)c2O)CCS(=O)(=O)C3(C)C)n1. The first-order valence-electron chi connectivity index (χ1n) is 9.94. The molecule has 0 saturated carbocycles. The number of aromatic nitrogens is 5. The molecule has 3 heterocycles. The quantitative estimate of drug-likeness (QED) is 0.555. The van der Waals surface area contributed by atoms with E-state index >= 15 is 0 Å². The lowest BCUT2D eigenvalue weighted by atomic mass is 10.1. The summed E-state index contributed by atoms with van der Waals surface area (Å²) >= 11 is 0. The number of sulfone groups is 1. The van der Waals surface area contributed by atoms with Crippen molar-refractivity contribution in [1.29, 1.82) is 0 Å². The summed E-state index contributed by atoms with van der Waals surface area (Å²) in [5.74, 6) is -2.22. The number of amides is 1. The molecule has 11 nitrogen and oxygen atoms in total. The van der Waals surface area contributed by atoms with Gasteiger partial charge in [-0.2, -0.15) is 5.10 Å². The molecule has 0 saturated heterocycles. The van der Waals surface area contributed by atoms with Crippen LogP contribution in [0.25, 0.3) is 5.69 Å². The summed E-state index contributed by atoms with van der Waals surface area (Å²) in [5.41, 5.74) is -0.664. The van der Waals surface area contributed by atoms with Gasteiger partial charge in [0.1, 0.15) is 28.5 Å². The number of nitrogens with zero attached hydrogens (tertiary/aromatic N) is 5. The van der Waals surface area contributed by atoms with Crippen LogP contribution in [0, 0.1) is 12.7 Å². The van der Waals surface area contributed by atoms with Crippen LogP contribution >= 0.6 is 0 Å². The van der Waals surface area contributed by atoms with E-state index in [1.807, 2.05) is 0 Å². The topological polar surface area (TPSA) is 149 Å². The number of aromatic hydroxyl groups is 1. The third-order valence-corrected chi connectivity index (χ3v) is 8.06. The number of nitrogens with one attached hydrogen (secondary N) is 1. The summed E-state index contributed by atoms with van der Waals surface area (Å²) < 4.78 is 39.7. The molecular formula is C20H21FN6O5S. The number of benzene rings is 1. The van der Waals surface area contributed by atoms with E-state index in [1.54, 1.807) is 6.92 Å². The van der Waals surface area contributed by atoms with Crippen molar-refractivity contribution in [3.8, 4) is 11.4 Å². The zero-order valence-electron chi connectivity index (χ0n) is 18.0. The maximum absolute atomic E-state index is 13.8. The lowest BCUT2D eigenvalue weighted by Gasteiger charge is -2.32. The minimum Gasteiger partial charge on any atom is -0.501 e. The third kappa shape index (κ3) is 3.77. The first-order valence-corrected chi connectivity index (χ1v) is 11.6. The molecule has 0 fully saturated rings. The van der Waals surface area contributed by atoms with Crippen LogP contribution < -0.4 is 10.9 Å². The third-order valence-electron chi connectivity index (χ3n) is 5.60. The molecule has 0 aliphatic carbocycles. The molecule has 2 aromatic heterocycles. The largest absolute Gasteiger partial charge is 0.501 e. The van der Waals surface area contributed by atoms with E-state index in [-0.39, 0.29) is 24.7 Å². The number of hydrogen-bond acceptors (Lipinski definition) is 8. The molecule has 0 bridgehead atoms. The second-order valence-electron chi connectivity index (χ2n) is 8.11. The molecule has 33 heavy (non-hydrogen) atoms. The lowest BCUT2D eigenvalue weighted by molar-refractivity contribution is 0.0941. The Labute approximate surface area is 187 Å². The molecule has 2 N–H and O–H groups in total. The van der Waals surface area contributed by atoms with E-state index in [2.05, 4.69) is 20.4 Å². The molecular weight excluding hydrogens is 455 g/mol. The number of rotatable bonds is 4. The van der Waals surface area contributed by atoms with Gasteiger partial charge in [-0.1, -0.05) is 6.07 Å². The molecule has 1 aromatic carbocycles. The van der Waals surface area contributed by atoms with Gasteiger partial charge in [0.05, 0.1) is 11.4 Å². The van der Waals surface area contributed by atoms with Crippen molar-refractivity contribution < 1.29 is 22.7 Å². The maximum atomic E-state index is 13.8. The Morgan fingerprint density at radius 3 is 2.73 bits per heavy atom. The van der Waals surface area contributed by atoms with Gasteiger partial charge in [0, 0.05) is 13.1 Å². The highest BCUT2D eigenvalue weighted by molar-refractivity contribution is 7.92. The second-order valence-corrected chi connectivity index (χ2v) is 10.8. The Balaban J connectivity index is 1.68. The molecule has 1 amide bonds. The van der Waals surface area contributed by atoms with Crippen molar-refractivity contribution >= 4 is 15.7 Å². The van der Waals surface area contributed by atoms with Gasteiger partial charge in [-0.05, 0) is 38.5 Å². The molecule has 0 spiro atoms. The van der Waals surface area contributed by atoms with Gasteiger partial charge in [-0.3, -0.25) is 14.2 Å². The van der Waals surface area contributed by atoms with Crippen molar-refractivity contribution in [3.63, 3.8) is 0 Å². The summed E-state index contributed by atoms with van der Waals surface area (Å²) in [6.07, 6.45) is 1.40. The predicted molar refractivity (Wildman–Crippen MR) is 114 cm³/mol. The fourth-order valence-electron chi connectivity index (χ4n) is 3.60. The van der Waals surface area contributed by atoms with Crippen molar-refractivity contribution in [2.24, 2.45) is 0 Å². The van der Waals surface area contributed by atoms with Gasteiger partial charge in [0.25, 0.3) is 11.5 Å². The molecule has 4 rings (SSSR count). The standard InChI is InChI=1S/C20H21FN6O5S/c1-11-23-10-27(25-11)14-8-13(21)5-4-12(14)9-22-17(29)15-16(28)18(30)26-6-7-33(31,32)20(2,3)19(26)24-15/h4-5,8,10,28H,6-7,9H2,1-3H3,(H,22,29). The molecule has 1 aliphatic rings. The number of aryl methyl sites for hydroxylation is 1. The molecule has 1 aliphatic heterocycles. The van der Waals surface area contributed by atoms with Crippen molar-refractivity contribution in [2.45, 2.75) is 38.6 Å². The summed E-state index contributed by atoms with van der Waals surface area (Å²) in [6.45, 7) is 4.17. The Morgan fingerprint density at radius 1 is 1.33 bits per heavy atom. The number of carbonyl (C=O) groups is 1. The average molecular weight is 476 g/mol. The molecule has 3 aromatic rings. The van der Waals surface area contributed by atoms with E-state index in [0.29, 0.717) is 17.1 Å². The van der Waals surface area contributed by atoms with E-state index in [1.165, 1.54) is 43.1 Å². The van der Waals surface area contributed by atoms with Gasteiger partial charge in [0.2, 0.25) is 5.75 Å². The summed E-state index contributed by atoms with van der Waals surface area (Å²) in [5, 5.41) is 17.0. The average Bonchev–Trinajstić information content (AvgIpc) is 3.18. The van der Waals surface area contributed by atoms with Gasteiger partial charge < -0.3 is 10.4 Å². The fraction of sp³-hybridized carbons (Fsp3) is 0.350. The highest BCUT2D eigenvalue weighted by Crippen LogP contribution is 2.33. The van der Waals surface area contributed by atoms with Gasteiger partial charge in [-0.25, -0.2) is 27.5 Å². The molecule has 174 valence electrons. The molecule has 0 atom stereocenters. The van der Waals surface area contributed by atoms with Crippen LogP contribution in [0.4, 0.5) is 4.39 Å². The summed E-state index contributed by atoms with van der Waals surface area (Å²) in [6, 6.07) is 3.89. The van der Waals surface area contributed by atoms with Crippen molar-refractivity contribution in [3.05, 3.63) is 63.6 Å². The van der Waals surface area contributed by atoms with E-state index < -0.39 is 43.3 Å². The van der Waals surface area contributed by atoms with E-state index in [4.69, 9.17) is 0 Å². The number of carbonyl (C=O) groups excluding carboxylic acids is 1. The zero-order valence-corrected chi connectivity index (χ0v) is 18.8. The van der Waals surface area contributed by atoms with Gasteiger partial charge >= 0.3 is 0 Å². The number of hydrogen-bond donors (Lipinski definition) is 2. The Morgan fingerprint density at radius 2 is 2.06 bits per heavy atom. The Hall–Kier alpha value is -3.61. The number of halogens is 1. The van der Waals surface area contributed by atoms with E-state index in [0.717, 1.165) is 4.57 Å². The monoisotopic (exact) mass is 476 g/mol. The van der Waals surface area contributed by atoms with Crippen LogP contribution in [0.5, 0.6) is 5.75 Å². The molecule has 13 heteroatoms. The first kappa shape index (κ1) is 22.6. The van der Waals surface area contributed by atoms with Gasteiger partial charge in [0.15, 0.2) is 15.5 Å². The lowest BCUT2D eigenvalue weighted by Crippen LogP contribution is -2.46. The summed E-state index contributed by atoms with van der Waals surface area (Å²) in [4.78, 5) is 33.5. The molecule has 0 radical (unpaired) electrons. The first-order chi connectivity index (χ1) is 15.4. The maximum Gasteiger partial charge on any atom is 0.296 e. The second kappa shape index (κ2) is 7.76. The van der Waals surface area contributed by atoms with E-state index in [9.17, 15) is 27.5 Å². The van der Waals surface area contributed by atoms with Crippen LogP contribution in [0.1, 0.15) is 41.5 Å². The summed E-state index contributed by atoms with van der Waals surface area (Å²) in [7, 11) is -3.63. The highest BCUT2D eigenvalue weighted by atomic mass is 32.2. The van der Waals surface area contributed by atoms with Crippen LogP contribution in [-0.2, 0) is 27.7 Å². The Bertz CT molecular complexity index is 1440. The Kier molecular flexibility index (Phi) is 5.31. The van der Waals surface area contributed by atoms with Crippen LogP contribution in [0.2, 0.25) is 0 Å². The molecule has 0 unspecified atom stereocenters. The van der Waals surface area contributed by atoms with Crippen molar-refractivity contribution in [2.75, 3.05) is 5.75 Å².